The molecular weight excluding hydrogens is 407 g/mol. The molecule has 0 aliphatic carbocycles. The standard InChI is InChI=1S/C25H27FN4O2/c1-17-9-10-19(24(31)28-21-7-5-4-6-8-21)15-22(17)29-25(32)27-16-23(30(2)3)18-11-13-20(26)14-12-18/h4-15,23H,16H2,1-3H3,(H,28,31)(H2,27,29,32). The molecule has 3 aromatic carbocycles. The molecule has 1 atom stereocenters. The molecule has 1 unspecified atom stereocenters. The number of rotatable bonds is 7. The molecule has 3 rings (SSSR count). The van der Waals surface area contributed by atoms with Gasteiger partial charge in [0.05, 0.1) is 6.04 Å². The van der Waals surface area contributed by atoms with E-state index in [-0.39, 0.29) is 23.8 Å². The minimum absolute atomic E-state index is 0.120. The molecule has 0 bridgehead atoms. The quantitative estimate of drug-likeness (QED) is 0.500. The second kappa shape index (κ2) is 10.5. The minimum Gasteiger partial charge on any atom is -0.336 e. The van der Waals surface area contributed by atoms with Gasteiger partial charge in [0.15, 0.2) is 0 Å². The number of benzene rings is 3. The maximum Gasteiger partial charge on any atom is 0.319 e. The van der Waals surface area contributed by atoms with Crippen molar-refractivity contribution < 1.29 is 14.0 Å². The van der Waals surface area contributed by atoms with Crippen molar-refractivity contribution in [2.45, 2.75) is 13.0 Å². The van der Waals surface area contributed by atoms with Gasteiger partial charge in [0.2, 0.25) is 0 Å². The Morgan fingerprint density at radius 2 is 1.62 bits per heavy atom. The predicted molar refractivity (Wildman–Crippen MR) is 125 cm³/mol. The maximum absolute atomic E-state index is 13.2. The molecule has 3 aromatic rings. The fourth-order valence-corrected chi connectivity index (χ4v) is 3.26. The zero-order chi connectivity index (χ0) is 23.1. The van der Waals surface area contributed by atoms with Crippen LogP contribution in [0.5, 0.6) is 0 Å². The highest BCUT2D eigenvalue weighted by Crippen LogP contribution is 2.20. The summed E-state index contributed by atoms with van der Waals surface area (Å²) in [6, 6.07) is 20.0. The Morgan fingerprint density at radius 1 is 0.938 bits per heavy atom. The summed E-state index contributed by atoms with van der Waals surface area (Å²) in [5.74, 6) is -0.563. The van der Waals surface area contributed by atoms with E-state index in [4.69, 9.17) is 0 Å². The third-order valence-electron chi connectivity index (χ3n) is 5.11. The van der Waals surface area contributed by atoms with Gasteiger partial charge in [0.25, 0.3) is 5.91 Å². The fourth-order valence-electron chi connectivity index (χ4n) is 3.26. The lowest BCUT2D eigenvalue weighted by Crippen LogP contribution is -2.37. The number of halogens is 1. The van der Waals surface area contributed by atoms with E-state index in [1.54, 1.807) is 42.5 Å². The topological polar surface area (TPSA) is 73.5 Å². The van der Waals surface area contributed by atoms with Crippen molar-refractivity contribution in [1.82, 2.24) is 10.2 Å². The Labute approximate surface area is 187 Å². The molecule has 32 heavy (non-hydrogen) atoms. The van der Waals surface area contributed by atoms with Gasteiger partial charge in [0, 0.05) is 23.5 Å². The van der Waals surface area contributed by atoms with Crippen LogP contribution in [0.25, 0.3) is 0 Å². The third-order valence-corrected chi connectivity index (χ3v) is 5.11. The molecule has 3 amide bonds. The van der Waals surface area contributed by atoms with Crippen LogP contribution < -0.4 is 16.0 Å². The normalized spacial score (nSPS) is 11.7. The molecule has 0 aliphatic rings. The number of anilines is 2. The molecule has 0 radical (unpaired) electrons. The first kappa shape index (κ1) is 23.0. The van der Waals surface area contributed by atoms with Gasteiger partial charge in [-0.25, -0.2) is 9.18 Å². The molecule has 0 saturated heterocycles. The molecule has 7 heteroatoms. The summed E-state index contributed by atoms with van der Waals surface area (Å²) in [7, 11) is 3.79. The number of aryl methyl sites for hydroxylation is 1. The van der Waals surface area contributed by atoms with Crippen LogP contribution >= 0.6 is 0 Å². The first-order valence-corrected chi connectivity index (χ1v) is 10.3. The van der Waals surface area contributed by atoms with Crippen LogP contribution in [0.3, 0.4) is 0 Å². The van der Waals surface area contributed by atoms with E-state index in [0.717, 1.165) is 11.1 Å². The van der Waals surface area contributed by atoms with E-state index < -0.39 is 0 Å². The summed E-state index contributed by atoms with van der Waals surface area (Å²) in [5, 5.41) is 8.50. The van der Waals surface area contributed by atoms with Crippen LogP contribution in [0.15, 0.2) is 72.8 Å². The number of urea groups is 1. The van der Waals surface area contributed by atoms with E-state index >= 15 is 0 Å². The SMILES string of the molecule is Cc1ccc(C(=O)Nc2ccccc2)cc1NC(=O)NCC(c1ccc(F)cc1)N(C)C. The average molecular weight is 435 g/mol. The lowest BCUT2D eigenvalue weighted by molar-refractivity contribution is 0.102. The Kier molecular flexibility index (Phi) is 7.57. The van der Waals surface area contributed by atoms with Gasteiger partial charge in [-0.05, 0) is 68.5 Å². The van der Waals surface area contributed by atoms with Crippen molar-refractivity contribution in [3.63, 3.8) is 0 Å². The number of nitrogens with one attached hydrogen (secondary N) is 3. The van der Waals surface area contributed by atoms with Gasteiger partial charge < -0.3 is 20.9 Å². The highest BCUT2D eigenvalue weighted by atomic mass is 19.1. The summed E-state index contributed by atoms with van der Waals surface area (Å²) in [4.78, 5) is 27.1. The van der Waals surface area contributed by atoms with Gasteiger partial charge in [-0.2, -0.15) is 0 Å². The van der Waals surface area contributed by atoms with Gasteiger partial charge in [-0.1, -0.05) is 36.4 Å². The smallest absolute Gasteiger partial charge is 0.319 e. The number of carbonyl (C=O) groups excluding carboxylic acids is 2. The van der Waals surface area contributed by atoms with Crippen LogP contribution in [0.4, 0.5) is 20.6 Å². The summed E-state index contributed by atoms with van der Waals surface area (Å²) in [6.45, 7) is 2.19. The number of hydrogen-bond donors (Lipinski definition) is 3. The van der Waals surface area contributed by atoms with E-state index in [2.05, 4.69) is 16.0 Å². The van der Waals surface area contributed by atoms with Gasteiger partial charge in [-0.3, -0.25) is 4.79 Å². The predicted octanol–water partition coefficient (Wildman–Crippen LogP) is 4.81. The highest BCUT2D eigenvalue weighted by Gasteiger charge is 2.16. The number of likely N-dealkylation sites (N-methyl/N-ethyl adjacent to an activating group) is 1. The molecule has 3 N–H and O–H groups in total. The summed E-state index contributed by atoms with van der Waals surface area (Å²) in [5.41, 5.74) is 3.41. The lowest BCUT2D eigenvalue weighted by Gasteiger charge is -2.25. The molecule has 6 nitrogen and oxygen atoms in total. The minimum atomic E-state index is -0.386. The monoisotopic (exact) mass is 434 g/mol. The Bertz CT molecular complexity index is 1070. The number of nitrogens with zero attached hydrogens (tertiary/aromatic N) is 1. The van der Waals surface area contributed by atoms with Gasteiger partial charge >= 0.3 is 6.03 Å². The molecule has 0 aromatic heterocycles. The van der Waals surface area contributed by atoms with Crippen LogP contribution in [0.2, 0.25) is 0 Å². The van der Waals surface area contributed by atoms with Crippen molar-refractivity contribution in [3.05, 3.63) is 95.3 Å². The maximum atomic E-state index is 13.2. The van der Waals surface area contributed by atoms with Crippen molar-refractivity contribution in [2.24, 2.45) is 0 Å². The number of amides is 3. The van der Waals surface area contributed by atoms with Crippen LogP contribution in [-0.2, 0) is 0 Å². The average Bonchev–Trinajstić information content (AvgIpc) is 2.77. The first-order valence-electron chi connectivity index (χ1n) is 10.3. The third kappa shape index (κ3) is 6.15. The second-order valence-electron chi connectivity index (χ2n) is 7.72. The van der Waals surface area contributed by atoms with Gasteiger partial charge in [-0.15, -0.1) is 0 Å². The highest BCUT2D eigenvalue weighted by molar-refractivity contribution is 6.05. The number of para-hydroxylation sites is 1. The van der Waals surface area contributed by atoms with E-state index in [0.29, 0.717) is 23.5 Å². The molecule has 0 aliphatic heterocycles. The molecule has 0 spiro atoms. The summed E-state index contributed by atoms with van der Waals surface area (Å²) < 4.78 is 13.2. The van der Waals surface area contributed by atoms with Crippen molar-refractivity contribution in [3.8, 4) is 0 Å². The molecular formula is C25H27FN4O2. The second-order valence-corrected chi connectivity index (χ2v) is 7.72. The summed E-state index contributed by atoms with van der Waals surface area (Å²) >= 11 is 0. The van der Waals surface area contributed by atoms with Crippen LogP contribution in [0.1, 0.15) is 27.5 Å². The number of carbonyl (C=O) groups is 2. The van der Waals surface area contributed by atoms with E-state index in [9.17, 15) is 14.0 Å². The fraction of sp³-hybridized carbons (Fsp3) is 0.200. The Balaban J connectivity index is 1.64. The molecule has 0 heterocycles. The molecule has 0 fully saturated rings. The molecule has 0 saturated carbocycles. The summed E-state index contributed by atoms with van der Waals surface area (Å²) in [6.07, 6.45) is 0. The number of hydrogen-bond acceptors (Lipinski definition) is 3. The van der Waals surface area contributed by atoms with Crippen molar-refractivity contribution in [2.75, 3.05) is 31.3 Å². The zero-order valence-corrected chi connectivity index (χ0v) is 18.4. The van der Waals surface area contributed by atoms with Crippen molar-refractivity contribution in [1.29, 1.82) is 0 Å². The first-order chi connectivity index (χ1) is 15.3. The van der Waals surface area contributed by atoms with Gasteiger partial charge in [0.1, 0.15) is 5.82 Å². The van der Waals surface area contributed by atoms with Crippen molar-refractivity contribution >= 4 is 23.3 Å². The molecule has 166 valence electrons. The Morgan fingerprint density at radius 3 is 2.28 bits per heavy atom. The van der Waals surface area contributed by atoms with Crippen LogP contribution in [0, 0.1) is 12.7 Å². The zero-order valence-electron chi connectivity index (χ0n) is 18.4. The largest absolute Gasteiger partial charge is 0.336 e. The van der Waals surface area contributed by atoms with E-state index in [1.807, 2.05) is 44.1 Å². The Hall–Kier alpha value is -3.71. The van der Waals surface area contributed by atoms with Crippen LogP contribution in [-0.4, -0.2) is 37.5 Å². The van der Waals surface area contributed by atoms with E-state index in [1.165, 1.54) is 12.1 Å². The lowest BCUT2D eigenvalue weighted by atomic mass is 10.1.